The zero-order valence-corrected chi connectivity index (χ0v) is 11.8. The highest BCUT2D eigenvalue weighted by atomic mass is 32.2. The Morgan fingerprint density at radius 1 is 1.39 bits per heavy atom. The van der Waals surface area contributed by atoms with Crippen LogP contribution in [0.15, 0.2) is 18.2 Å². The standard InChI is InChI=1S/C11H20N4O2S/c1-10-6-4-7-11(13-10)14-18(16,17)15(3)9-5-8-12-2/h4,6-7,12H,5,8-9H2,1-3H3,(H,13,14). The molecule has 0 aliphatic carbocycles. The first kappa shape index (κ1) is 14.9. The molecule has 7 heteroatoms. The van der Waals surface area contributed by atoms with Crippen LogP contribution in [0.1, 0.15) is 12.1 Å². The molecule has 0 fully saturated rings. The number of hydrogen-bond donors (Lipinski definition) is 2. The molecule has 1 heterocycles. The summed E-state index contributed by atoms with van der Waals surface area (Å²) in [7, 11) is -0.131. The van der Waals surface area contributed by atoms with Crippen LogP contribution in [0.4, 0.5) is 5.82 Å². The van der Waals surface area contributed by atoms with Gasteiger partial charge in [-0.25, -0.2) is 4.98 Å². The lowest BCUT2D eigenvalue weighted by Crippen LogP contribution is -2.34. The molecule has 0 amide bonds. The topological polar surface area (TPSA) is 74.3 Å². The fourth-order valence-corrected chi connectivity index (χ4v) is 2.31. The molecule has 0 aliphatic heterocycles. The van der Waals surface area contributed by atoms with Gasteiger partial charge in [-0.2, -0.15) is 12.7 Å². The Balaban J connectivity index is 2.64. The van der Waals surface area contributed by atoms with Crippen LogP contribution in [0.25, 0.3) is 0 Å². The summed E-state index contributed by atoms with van der Waals surface area (Å²) in [5, 5.41) is 2.98. The van der Waals surface area contributed by atoms with Crippen LogP contribution in [-0.4, -0.2) is 44.9 Å². The van der Waals surface area contributed by atoms with E-state index < -0.39 is 10.2 Å². The van der Waals surface area contributed by atoms with Gasteiger partial charge >= 0.3 is 10.2 Å². The number of hydrogen-bond acceptors (Lipinski definition) is 4. The normalized spacial score (nSPS) is 11.8. The molecule has 6 nitrogen and oxygen atoms in total. The summed E-state index contributed by atoms with van der Waals surface area (Å²) in [5.74, 6) is 0.343. The van der Waals surface area contributed by atoms with E-state index in [0.717, 1.165) is 18.7 Å². The minimum Gasteiger partial charge on any atom is -0.320 e. The van der Waals surface area contributed by atoms with Crippen LogP contribution in [0.5, 0.6) is 0 Å². The molecule has 0 saturated carbocycles. The maximum atomic E-state index is 12.0. The number of nitrogens with zero attached hydrogens (tertiary/aromatic N) is 2. The third-order valence-corrected chi connectivity index (χ3v) is 3.90. The molecule has 2 N–H and O–H groups in total. The number of anilines is 1. The van der Waals surface area contributed by atoms with Gasteiger partial charge in [0.1, 0.15) is 5.82 Å². The lowest BCUT2D eigenvalue weighted by molar-refractivity contribution is 0.462. The Kier molecular flexibility index (Phi) is 5.52. The zero-order valence-electron chi connectivity index (χ0n) is 11.0. The maximum absolute atomic E-state index is 12.0. The lowest BCUT2D eigenvalue weighted by Gasteiger charge is -2.17. The summed E-state index contributed by atoms with van der Waals surface area (Å²) in [5.41, 5.74) is 0.771. The molecular weight excluding hydrogens is 252 g/mol. The van der Waals surface area contributed by atoms with Gasteiger partial charge in [-0.15, -0.1) is 0 Å². The highest BCUT2D eigenvalue weighted by Crippen LogP contribution is 2.08. The quantitative estimate of drug-likeness (QED) is 0.712. The van der Waals surface area contributed by atoms with Gasteiger partial charge in [0, 0.05) is 19.3 Å². The molecule has 0 saturated heterocycles. The van der Waals surface area contributed by atoms with Gasteiger partial charge < -0.3 is 5.32 Å². The van der Waals surface area contributed by atoms with Crippen LogP contribution in [-0.2, 0) is 10.2 Å². The Bertz CT molecular complexity index is 476. The molecule has 0 radical (unpaired) electrons. The molecule has 0 aromatic carbocycles. The summed E-state index contributed by atoms with van der Waals surface area (Å²) in [4.78, 5) is 4.11. The highest BCUT2D eigenvalue weighted by Gasteiger charge is 2.17. The predicted octanol–water partition coefficient (Wildman–Crippen LogP) is 0.588. The van der Waals surface area contributed by atoms with E-state index >= 15 is 0 Å². The number of nitrogens with one attached hydrogen (secondary N) is 2. The van der Waals surface area contributed by atoms with E-state index in [2.05, 4.69) is 15.0 Å². The second kappa shape index (κ2) is 6.67. The van der Waals surface area contributed by atoms with Crippen molar-refractivity contribution in [2.75, 3.05) is 31.9 Å². The van der Waals surface area contributed by atoms with Gasteiger partial charge in [-0.05, 0) is 39.1 Å². The maximum Gasteiger partial charge on any atom is 0.302 e. The third kappa shape index (κ3) is 4.59. The number of rotatable bonds is 7. The molecule has 0 unspecified atom stereocenters. The van der Waals surface area contributed by atoms with E-state index in [1.54, 1.807) is 19.2 Å². The zero-order chi connectivity index (χ0) is 13.6. The minimum atomic E-state index is -3.52. The Hall–Kier alpha value is -1.18. The number of aromatic nitrogens is 1. The van der Waals surface area contributed by atoms with Crippen LogP contribution >= 0.6 is 0 Å². The molecule has 1 aromatic rings. The third-order valence-electron chi connectivity index (χ3n) is 2.43. The van der Waals surface area contributed by atoms with Crippen molar-refractivity contribution in [2.45, 2.75) is 13.3 Å². The van der Waals surface area contributed by atoms with Crippen molar-refractivity contribution >= 4 is 16.0 Å². The molecular formula is C11H20N4O2S. The first-order chi connectivity index (χ1) is 8.45. The molecule has 102 valence electrons. The SMILES string of the molecule is CNCCCN(C)S(=O)(=O)Nc1cccc(C)n1. The fourth-order valence-electron chi connectivity index (χ4n) is 1.41. The number of aryl methyl sites for hydroxylation is 1. The Morgan fingerprint density at radius 2 is 2.11 bits per heavy atom. The van der Waals surface area contributed by atoms with Crippen molar-refractivity contribution in [1.29, 1.82) is 0 Å². The van der Waals surface area contributed by atoms with E-state index in [1.165, 1.54) is 4.31 Å². The lowest BCUT2D eigenvalue weighted by atomic mass is 10.4. The van der Waals surface area contributed by atoms with Gasteiger partial charge in [0.05, 0.1) is 0 Å². The summed E-state index contributed by atoms with van der Waals surface area (Å²) in [6, 6.07) is 5.21. The van der Waals surface area contributed by atoms with Crippen molar-refractivity contribution in [1.82, 2.24) is 14.6 Å². The summed E-state index contributed by atoms with van der Waals surface area (Å²) in [6.07, 6.45) is 0.759. The van der Waals surface area contributed by atoms with Crippen LogP contribution in [0, 0.1) is 6.92 Å². The van der Waals surface area contributed by atoms with E-state index in [1.807, 2.05) is 20.0 Å². The summed E-state index contributed by atoms with van der Waals surface area (Å²) < 4.78 is 27.7. The molecule has 18 heavy (non-hydrogen) atoms. The minimum absolute atomic E-state index is 0.343. The van der Waals surface area contributed by atoms with Crippen LogP contribution in [0.3, 0.4) is 0 Å². The van der Waals surface area contributed by atoms with Gasteiger partial charge in [0.2, 0.25) is 0 Å². The summed E-state index contributed by atoms with van der Waals surface area (Å²) >= 11 is 0. The average Bonchev–Trinajstić information content (AvgIpc) is 2.28. The van der Waals surface area contributed by atoms with Gasteiger partial charge in [-0.3, -0.25) is 4.72 Å². The van der Waals surface area contributed by atoms with E-state index in [4.69, 9.17) is 0 Å². The first-order valence-electron chi connectivity index (χ1n) is 5.78. The smallest absolute Gasteiger partial charge is 0.302 e. The fraction of sp³-hybridized carbons (Fsp3) is 0.545. The van der Waals surface area contributed by atoms with Crippen molar-refractivity contribution < 1.29 is 8.42 Å². The van der Waals surface area contributed by atoms with Crippen LogP contribution < -0.4 is 10.0 Å². The second-order valence-corrected chi connectivity index (χ2v) is 5.83. The molecule has 0 atom stereocenters. The predicted molar refractivity (Wildman–Crippen MR) is 72.7 cm³/mol. The molecule has 1 rings (SSSR count). The van der Waals surface area contributed by atoms with E-state index in [0.29, 0.717) is 12.4 Å². The number of pyridine rings is 1. The van der Waals surface area contributed by atoms with Gasteiger partial charge in [0.15, 0.2) is 0 Å². The summed E-state index contributed by atoms with van der Waals surface area (Å²) in [6.45, 7) is 3.05. The van der Waals surface area contributed by atoms with E-state index in [-0.39, 0.29) is 0 Å². The van der Waals surface area contributed by atoms with Crippen LogP contribution in [0.2, 0.25) is 0 Å². The molecule has 0 aliphatic rings. The largest absolute Gasteiger partial charge is 0.320 e. The second-order valence-electron chi connectivity index (χ2n) is 4.05. The molecule has 0 spiro atoms. The molecule has 1 aromatic heterocycles. The first-order valence-corrected chi connectivity index (χ1v) is 7.22. The highest BCUT2D eigenvalue weighted by molar-refractivity contribution is 7.90. The Morgan fingerprint density at radius 3 is 2.72 bits per heavy atom. The average molecular weight is 272 g/mol. The van der Waals surface area contributed by atoms with Crippen molar-refractivity contribution in [3.63, 3.8) is 0 Å². The van der Waals surface area contributed by atoms with Crippen molar-refractivity contribution in [2.24, 2.45) is 0 Å². The monoisotopic (exact) mass is 272 g/mol. The van der Waals surface area contributed by atoms with Gasteiger partial charge in [0.25, 0.3) is 0 Å². The van der Waals surface area contributed by atoms with Crippen molar-refractivity contribution in [3.05, 3.63) is 23.9 Å². The van der Waals surface area contributed by atoms with Gasteiger partial charge in [-0.1, -0.05) is 6.07 Å². The Labute approximate surface area is 109 Å². The van der Waals surface area contributed by atoms with E-state index in [9.17, 15) is 8.42 Å². The van der Waals surface area contributed by atoms with Crippen molar-refractivity contribution in [3.8, 4) is 0 Å². The molecule has 0 bridgehead atoms.